The smallest absolute Gasteiger partial charge is 0.326 e. The van der Waals surface area contributed by atoms with Crippen LogP contribution in [0.5, 0.6) is 11.5 Å². The van der Waals surface area contributed by atoms with Crippen LogP contribution in [0.25, 0.3) is 0 Å². The zero-order valence-electron chi connectivity index (χ0n) is 12.7. The van der Waals surface area contributed by atoms with E-state index in [4.69, 9.17) is 20.3 Å². The third kappa shape index (κ3) is 3.87. The second kappa shape index (κ2) is 5.71. The Balaban J connectivity index is 3.04. The van der Waals surface area contributed by atoms with E-state index in [0.29, 0.717) is 5.75 Å². The number of nitrogens with two attached hydrogens (primary N) is 1. The van der Waals surface area contributed by atoms with Crippen molar-refractivity contribution in [1.82, 2.24) is 0 Å². The van der Waals surface area contributed by atoms with E-state index in [-0.39, 0.29) is 12.0 Å². The second-order valence-electron chi connectivity index (χ2n) is 6.12. The molecule has 0 aliphatic rings. The van der Waals surface area contributed by atoms with Gasteiger partial charge in [0.1, 0.15) is 23.6 Å². The van der Waals surface area contributed by atoms with Crippen molar-refractivity contribution >= 4 is 5.97 Å². The lowest BCUT2D eigenvalue weighted by molar-refractivity contribution is -0.143. The van der Waals surface area contributed by atoms with Crippen LogP contribution in [0, 0.1) is 0 Å². The molecule has 1 rings (SSSR count). The molecular formula is C15H23NO4. The van der Waals surface area contributed by atoms with Crippen molar-refractivity contribution in [2.24, 2.45) is 5.73 Å². The van der Waals surface area contributed by atoms with Crippen LogP contribution in [0.1, 0.15) is 33.3 Å². The highest BCUT2D eigenvalue weighted by Gasteiger charge is 2.30. The fraction of sp³-hybridized carbons (Fsp3) is 0.533. The monoisotopic (exact) mass is 281 g/mol. The first kappa shape index (κ1) is 16.3. The average molecular weight is 281 g/mol. The molecule has 0 heterocycles. The number of carbonyl (C=O) groups is 1. The van der Waals surface area contributed by atoms with Crippen LogP contribution in [0.3, 0.4) is 0 Å². The molecular weight excluding hydrogens is 258 g/mol. The molecule has 0 radical (unpaired) electrons. The van der Waals surface area contributed by atoms with Crippen molar-refractivity contribution in [3.63, 3.8) is 0 Å². The Kier molecular flexibility index (Phi) is 4.65. The maximum absolute atomic E-state index is 11.0. The van der Waals surface area contributed by atoms with Gasteiger partial charge in [0.15, 0.2) is 0 Å². The number of carboxylic acids is 1. The molecule has 112 valence electrons. The van der Waals surface area contributed by atoms with Gasteiger partial charge in [0, 0.05) is 5.56 Å². The summed E-state index contributed by atoms with van der Waals surface area (Å²) in [4.78, 5) is 11.0. The molecule has 3 N–H and O–H groups in total. The van der Waals surface area contributed by atoms with Gasteiger partial charge in [-0.3, -0.25) is 4.79 Å². The molecule has 0 aromatic heterocycles. The third-order valence-electron chi connectivity index (χ3n) is 3.01. The zero-order valence-corrected chi connectivity index (χ0v) is 12.7. The number of hydrogen-bond acceptors (Lipinski definition) is 4. The highest BCUT2D eigenvalue weighted by molar-refractivity contribution is 5.78. The Morgan fingerprint density at radius 1 is 1.30 bits per heavy atom. The van der Waals surface area contributed by atoms with Crippen molar-refractivity contribution in [2.75, 3.05) is 13.7 Å². The Hall–Kier alpha value is -1.75. The van der Waals surface area contributed by atoms with Crippen LogP contribution in [0.15, 0.2) is 18.2 Å². The molecule has 0 saturated heterocycles. The van der Waals surface area contributed by atoms with E-state index in [1.807, 2.05) is 26.8 Å². The lowest BCUT2D eigenvalue weighted by atomic mass is 9.86. The van der Waals surface area contributed by atoms with Gasteiger partial charge in [0.05, 0.1) is 7.11 Å². The van der Waals surface area contributed by atoms with E-state index in [1.54, 1.807) is 19.2 Å². The van der Waals surface area contributed by atoms with E-state index in [1.165, 1.54) is 6.92 Å². The highest BCUT2D eigenvalue weighted by atomic mass is 16.5. The number of methoxy groups -OCH3 is 1. The van der Waals surface area contributed by atoms with Crippen molar-refractivity contribution in [3.05, 3.63) is 23.8 Å². The molecule has 0 aliphatic carbocycles. The summed E-state index contributed by atoms with van der Waals surface area (Å²) in [6, 6.07) is 5.44. The molecule has 0 saturated carbocycles. The second-order valence-corrected chi connectivity index (χ2v) is 6.12. The highest BCUT2D eigenvalue weighted by Crippen LogP contribution is 2.34. The molecule has 20 heavy (non-hydrogen) atoms. The first-order chi connectivity index (χ1) is 9.08. The number of carboxylic acid groups (broad SMARTS) is 1. The first-order valence-corrected chi connectivity index (χ1v) is 6.41. The number of ether oxygens (including phenoxy) is 2. The summed E-state index contributed by atoms with van der Waals surface area (Å²) in [5.74, 6) is 0.260. The lowest BCUT2D eigenvalue weighted by Gasteiger charge is -2.26. The molecule has 1 unspecified atom stereocenters. The molecule has 5 heteroatoms. The SMILES string of the molecule is COc1ccc(OCC(C)(N)C(=O)O)c(C(C)(C)C)c1. The van der Waals surface area contributed by atoms with Crippen LogP contribution in [0.4, 0.5) is 0 Å². The minimum absolute atomic E-state index is 0.0995. The fourth-order valence-corrected chi connectivity index (χ4v) is 1.64. The molecule has 0 amide bonds. The minimum Gasteiger partial charge on any atom is -0.497 e. The predicted octanol–water partition coefficient (Wildman–Crippen LogP) is 2.17. The Morgan fingerprint density at radius 2 is 1.90 bits per heavy atom. The Morgan fingerprint density at radius 3 is 2.35 bits per heavy atom. The quantitative estimate of drug-likeness (QED) is 0.864. The summed E-state index contributed by atoms with van der Waals surface area (Å²) in [5, 5.41) is 9.01. The summed E-state index contributed by atoms with van der Waals surface area (Å²) < 4.78 is 10.8. The maximum atomic E-state index is 11.0. The maximum Gasteiger partial charge on any atom is 0.326 e. The molecule has 1 aromatic rings. The number of aliphatic carboxylic acids is 1. The van der Waals surface area contributed by atoms with E-state index in [2.05, 4.69) is 0 Å². The lowest BCUT2D eigenvalue weighted by Crippen LogP contribution is -2.50. The van der Waals surface area contributed by atoms with Crippen LogP contribution >= 0.6 is 0 Å². The van der Waals surface area contributed by atoms with Gasteiger partial charge in [-0.15, -0.1) is 0 Å². The van der Waals surface area contributed by atoms with Crippen molar-refractivity contribution in [1.29, 1.82) is 0 Å². The topological polar surface area (TPSA) is 81.8 Å². The van der Waals surface area contributed by atoms with Gasteiger partial charge in [-0.2, -0.15) is 0 Å². The molecule has 1 aromatic carbocycles. The first-order valence-electron chi connectivity index (χ1n) is 6.41. The normalized spacial score (nSPS) is 14.5. The summed E-state index contributed by atoms with van der Waals surface area (Å²) in [7, 11) is 1.60. The van der Waals surface area contributed by atoms with Crippen LogP contribution in [-0.4, -0.2) is 30.3 Å². The predicted molar refractivity (Wildman–Crippen MR) is 77.4 cm³/mol. The van der Waals surface area contributed by atoms with Gasteiger partial charge in [-0.25, -0.2) is 0 Å². The van der Waals surface area contributed by atoms with E-state index in [0.717, 1.165) is 11.3 Å². The van der Waals surface area contributed by atoms with E-state index < -0.39 is 11.5 Å². The van der Waals surface area contributed by atoms with Gasteiger partial charge in [-0.05, 0) is 30.5 Å². The Labute approximate surface area is 119 Å². The van der Waals surface area contributed by atoms with Gasteiger partial charge >= 0.3 is 5.97 Å². The van der Waals surface area contributed by atoms with Gasteiger partial charge in [0.2, 0.25) is 0 Å². The molecule has 0 spiro atoms. The standard InChI is InChI=1S/C15H23NO4/c1-14(2,3)11-8-10(19-5)6-7-12(11)20-9-15(4,16)13(17)18/h6-8H,9,16H2,1-5H3,(H,17,18). The van der Waals surface area contributed by atoms with Crippen LogP contribution in [-0.2, 0) is 10.2 Å². The van der Waals surface area contributed by atoms with Gasteiger partial charge < -0.3 is 20.3 Å². The summed E-state index contributed by atoms with van der Waals surface area (Å²) in [5.41, 5.74) is 5.04. The van der Waals surface area contributed by atoms with Gasteiger partial charge in [-0.1, -0.05) is 20.8 Å². The molecule has 0 fully saturated rings. The summed E-state index contributed by atoms with van der Waals surface area (Å²) in [6.07, 6.45) is 0. The fourth-order valence-electron chi connectivity index (χ4n) is 1.64. The van der Waals surface area contributed by atoms with Crippen molar-refractivity contribution in [2.45, 2.75) is 38.6 Å². The number of rotatable bonds is 5. The zero-order chi connectivity index (χ0) is 15.6. The Bertz CT molecular complexity index is 489. The molecule has 0 aliphatic heterocycles. The van der Waals surface area contributed by atoms with Crippen molar-refractivity contribution < 1.29 is 19.4 Å². The van der Waals surface area contributed by atoms with Crippen molar-refractivity contribution in [3.8, 4) is 11.5 Å². The number of benzene rings is 1. The molecule has 1 atom stereocenters. The largest absolute Gasteiger partial charge is 0.497 e. The van der Waals surface area contributed by atoms with Gasteiger partial charge in [0.25, 0.3) is 0 Å². The van der Waals surface area contributed by atoms with E-state index in [9.17, 15) is 4.79 Å². The summed E-state index contributed by atoms with van der Waals surface area (Å²) >= 11 is 0. The van der Waals surface area contributed by atoms with Crippen LogP contribution < -0.4 is 15.2 Å². The van der Waals surface area contributed by atoms with Crippen LogP contribution in [0.2, 0.25) is 0 Å². The third-order valence-corrected chi connectivity index (χ3v) is 3.01. The minimum atomic E-state index is -1.42. The number of hydrogen-bond donors (Lipinski definition) is 2. The van der Waals surface area contributed by atoms with E-state index >= 15 is 0 Å². The summed E-state index contributed by atoms with van der Waals surface area (Å²) in [6.45, 7) is 7.47. The average Bonchev–Trinajstić information content (AvgIpc) is 2.35. The molecule has 5 nitrogen and oxygen atoms in total. The molecule has 0 bridgehead atoms.